The van der Waals surface area contributed by atoms with E-state index in [1.165, 1.54) is 0 Å². The molecule has 3 heterocycles. The van der Waals surface area contributed by atoms with Crippen LogP contribution in [0.25, 0.3) is 0 Å². The van der Waals surface area contributed by atoms with Crippen molar-refractivity contribution >= 4 is 5.91 Å². The summed E-state index contributed by atoms with van der Waals surface area (Å²) in [5.41, 5.74) is 0.986. The predicted molar refractivity (Wildman–Crippen MR) is 95.0 cm³/mol. The number of amides is 1. The Labute approximate surface area is 153 Å². The number of carbonyl (C=O) groups is 1. The smallest absolute Gasteiger partial charge is 0.287 e. The van der Waals surface area contributed by atoms with Gasteiger partial charge in [0.2, 0.25) is 5.89 Å². The lowest BCUT2D eigenvalue weighted by Crippen LogP contribution is -2.36. The molecule has 1 unspecified atom stereocenters. The summed E-state index contributed by atoms with van der Waals surface area (Å²) in [5, 5.41) is 7.10. The number of nitrogens with one attached hydrogen (secondary N) is 1. The number of hydrogen-bond donors (Lipinski definition) is 1. The fourth-order valence-electron chi connectivity index (χ4n) is 3.23. The first kappa shape index (κ1) is 18.6. The third kappa shape index (κ3) is 3.98. The van der Waals surface area contributed by atoms with Crippen LogP contribution in [-0.4, -0.2) is 29.3 Å². The second kappa shape index (κ2) is 8.03. The summed E-state index contributed by atoms with van der Waals surface area (Å²) >= 11 is 0. The zero-order valence-electron chi connectivity index (χ0n) is 15.9. The molecule has 142 valence electrons. The van der Waals surface area contributed by atoms with E-state index >= 15 is 0 Å². The van der Waals surface area contributed by atoms with Gasteiger partial charge in [-0.3, -0.25) is 4.79 Å². The van der Waals surface area contributed by atoms with Crippen LogP contribution in [0.5, 0.6) is 0 Å². The number of furan rings is 1. The standard InChI is InChI=1S/C19H27N3O4/c1-5-14-12(4)10-15(25-14)18(23)20-16(13-6-8-24-9-7-13)19-21-17(11(2)3)22-26-19/h10-11,13,16H,5-9H2,1-4H3,(H,20,23). The Morgan fingerprint density at radius 2 is 2.08 bits per heavy atom. The van der Waals surface area contributed by atoms with Crippen molar-refractivity contribution in [1.82, 2.24) is 15.5 Å². The molecule has 2 aromatic heterocycles. The minimum Gasteiger partial charge on any atom is -0.456 e. The number of ether oxygens (including phenoxy) is 1. The van der Waals surface area contributed by atoms with Crippen LogP contribution in [0.1, 0.15) is 79.2 Å². The van der Waals surface area contributed by atoms with Crippen molar-refractivity contribution in [2.45, 2.75) is 58.9 Å². The Balaban J connectivity index is 1.83. The van der Waals surface area contributed by atoms with Crippen LogP contribution >= 0.6 is 0 Å². The minimum atomic E-state index is -0.345. The van der Waals surface area contributed by atoms with Gasteiger partial charge in [0.1, 0.15) is 11.8 Å². The molecule has 1 fully saturated rings. The van der Waals surface area contributed by atoms with Gasteiger partial charge in [0.05, 0.1) is 0 Å². The number of aryl methyl sites for hydroxylation is 2. The van der Waals surface area contributed by atoms with Gasteiger partial charge in [0, 0.05) is 25.6 Å². The number of hydrogen-bond acceptors (Lipinski definition) is 6. The Kier molecular flexibility index (Phi) is 5.76. The Bertz CT molecular complexity index is 744. The van der Waals surface area contributed by atoms with Gasteiger partial charge < -0.3 is 19.0 Å². The molecule has 1 amide bonds. The van der Waals surface area contributed by atoms with Crippen molar-refractivity contribution < 1.29 is 18.5 Å². The van der Waals surface area contributed by atoms with E-state index in [-0.39, 0.29) is 23.8 Å². The zero-order chi connectivity index (χ0) is 18.7. The van der Waals surface area contributed by atoms with Crippen molar-refractivity contribution in [2.24, 2.45) is 5.92 Å². The van der Waals surface area contributed by atoms with Gasteiger partial charge in [-0.15, -0.1) is 0 Å². The molecule has 0 saturated carbocycles. The van der Waals surface area contributed by atoms with Crippen molar-refractivity contribution in [1.29, 1.82) is 0 Å². The average molecular weight is 361 g/mol. The molecule has 0 aliphatic carbocycles. The van der Waals surface area contributed by atoms with Gasteiger partial charge in [0.15, 0.2) is 11.6 Å². The summed E-state index contributed by atoms with van der Waals surface area (Å²) in [6.45, 7) is 9.31. The molecule has 1 saturated heterocycles. The molecule has 0 aromatic carbocycles. The summed E-state index contributed by atoms with van der Waals surface area (Å²) in [4.78, 5) is 17.3. The van der Waals surface area contributed by atoms with E-state index in [0.29, 0.717) is 30.7 Å². The fourth-order valence-corrected chi connectivity index (χ4v) is 3.23. The Hall–Kier alpha value is -2.15. The molecule has 0 radical (unpaired) electrons. The molecule has 1 aliphatic heterocycles. The molecule has 0 spiro atoms. The third-order valence-electron chi connectivity index (χ3n) is 4.83. The second-order valence-corrected chi connectivity index (χ2v) is 7.12. The molecular weight excluding hydrogens is 334 g/mol. The SMILES string of the molecule is CCc1oc(C(=O)NC(c2nc(C(C)C)no2)C2CCOCC2)cc1C. The van der Waals surface area contributed by atoms with Gasteiger partial charge in [-0.05, 0) is 37.3 Å². The minimum absolute atomic E-state index is 0.165. The summed E-state index contributed by atoms with van der Waals surface area (Å²) in [7, 11) is 0. The molecular formula is C19H27N3O4. The molecule has 7 nitrogen and oxygen atoms in total. The first-order chi connectivity index (χ1) is 12.5. The summed E-state index contributed by atoms with van der Waals surface area (Å²) in [6, 6.07) is 1.43. The van der Waals surface area contributed by atoms with Gasteiger partial charge in [-0.2, -0.15) is 4.98 Å². The van der Waals surface area contributed by atoms with Crippen LogP contribution in [0.15, 0.2) is 15.0 Å². The lowest BCUT2D eigenvalue weighted by molar-refractivity contribution is 0.0463. The lowest BCUT2D eigenvalue weighted by Gasteiger charge is -2.28. The molecule has 1 N–H and O–H groups in total. The first-order valence-corrected chi connectivity index (χ1v) is 9.31. The summed E-state index contributed by atoms with van der Waals surface area (Å²) < 4.78 is 16.6. The topological polar surface area (TPSA) is 90.4 Å². The fraction of sp³-hybridized carbons (Fsp3) is 0.632. The number of aromatic nitrogens is 2. The summed E-state index contributed by atoms with van der Waals surface area (Å²) in [5.74, 6) is 2.35. The van der Waals surface area contributed by atoms with Crippen molar-refractivity contribution in [3.05, 3.63) is 34.9 Å². The van der Waals surface area contributed by atoms with E-state index in [9.17, 15) is 4.79 Å². The highest BCUT2D eigenvalue weighted by molar-refractivity contribution is 5.92. The third-order valence-corrected chi connectivity index (χ3v) is 4.83. The predicted octanol–water partition coefficient (Wildman–Crippen LogP) is 3.55. The van der Waals surface area contributed by atoms with Crippen LogP contribution < -0.4 is 5.32 Å². The van der Waals surface area contributed by atoms with Gasteiger partial charge in [-0.1, -0.05) is 25.9 Å². The van der Waals surface area contributed by atoms with E-state index in [1.807, 2.05) is 27.7 Å². The first-order valence-electron chi connectivity index (χ1n) is 9.31. The molecule has 1 atom stereocenters. The van der Waals surface area contributed by atoms with Crippen molar-refractivity contribution in [3.63, 3.8) is 0 Å². The van der Waals surface area contributed by atoms with Crippen molar-refractivity contribution in [3.8, 4) is 0 Å². The normalized spacial score (nSPS) is 16.8. The highest BCUT2D eigenvalue weighted by Gasteiger charge is 2.32. The molecule has 26 heavy (non-hydrogen) atoms. The van der Waals surface area contributed by atoms with E-state index in [2.05, 4.69) is 15.5 Å². The van der Waals surface area contributed by atoms with E-state index in [1.54, 1.807) is 6.07 Å². The van der Waals surface area contributed by atoms with E-state index < -0.39 is 0 Å². The maximum absolute atomic E-state index is 12.8. The van der Waals surface area contributed by atoms with Crippen LogP contribution in [0.4, 0.5) is 0 Å². The molecule has 1 aliphatic rings. The molecule has 7 heteroatoms. The molecule has 0 bridgehead atoms. The molecule has 2 aromatic rings. The van der Waals surface area contributed by atoms with Gasteiger partial charge >= 0.3 is 0 Å². The zero-order valence-corrected chi connectivity index (χ0v) is 15.9. The second-order valence-electron chi connectivity index (χ2n) is 7.12. The van der Waals surface area contributed by atoms with Crippen LogP contribution in [-0.2, 0) is 11.2 Å². The number of carbonyl (C=O) groups excluding carboxylic acids is 1. The van der Waals surface area contributed by atoms with E-state index in [0.717, 1.165) is 30.6 Å². The number of rotatable bonds is 6. The maximum atomic E-state index is 12.8. The van der Waals surface area contributed by atoms with Crippen LogP contribution in [0.3, 0.4) is 0 Å². The van der Waals surface area contributed by atoms with Crippen LogP contribution in [0.2, 0.25) is 0 Å². The van der Waals surface area contributed by atoms with Gasteiger partial charge in [-0.25, -0.2) is 0 Å². The quantitative estimate of drug-likeness (QED) is 0.846. The maximum Gasteiger partial charge on any atom is 0.287 e. The lowest BCUT2D eigenvalue weighted by atomic mass is 9.91. The Morgan fingerprint density at radius 1 is 1.35 bits per heavy atom. The Morgan fingerprint density at radius 3 is 2.65 bits per heavy atom. The van der Waals surface area contributed by atoms with Crippen LogP contribution in [0, 0.1) is 12.8 Å². The molecule has 3 rings (SSSR count). The van der Waals surface area contributed by atoms with E-state index in [4.69, 9.17) is 13.7 Å². The summed E-state index contributed by atoms with van der Waals surface area (Å²) in [6.07, 6.45) is 2.42. The van der Waals surface area contributed by atoms with Gasteiger partial charge in [0.25, 0.3) is 5.91 Å². The average Bonchev–Trinajstić information content (AvgIpc) is 3.27. The number of nitrogens with zero attached hydrogens (tertiary/aromatic N) is 2. The highest BCUT2D eigenvalue weighted by Crippen LogP contribution is 2.30. The largest absolute Gasteiger partial charge is 0.456 e. The van der Waals surface area contributed by atoms with Crippen molar-refractivity contribution in [2.75, 3.05) is 13.2 Å². The monoisotopic (exact) mass is 361 g/mol. The highest BCUT2D eigenvalue weighted by atomic mass is 16.5.